The summed E-state index contributed by atoms with van der Waals surface area (Å²) in [6.45, 7) is 0.520. The maximum atomic E-state index is 6.18. The highest BCUT2D eigenvalue weighted by Gasteiger charge is 2.12. The largest absolute Gasteiger partial charge is 0.327 e. The van der Waals surface area contributed by atoms with E-state index in [1.807, 2.05) is 29.8 Å². The van der Waals surface area contributed by atoms with Gasteiger partial charge in [0, 0.05) is 31.5 Å². The number of nitrogens with two attached hydrogens (primary N) is 1. The fourth-order valence-electron chi connectivity index (χ4n) is 2.16. The number of hydrogen-bond donors (Lipinski definition) is 1. The van der Waals surface area contributed by atoms with Gasteiger partial charge >= 0.3 is 0 Å². The van der Waals surface area contributed by atoms with Crippen LogP contribution in [0.15, 0.2) is 36.7 Å². The summed E-state index contributed by atoms with van der Waals surface area (Å²) in [4.78, 5) is 8.62. The molecular formula is C14H13ClN4. The first-order chi connectivity index (χ1) is 9.20. The summed E-state index contributed by atoms with van der Waals surface area (Å²) in [6.07, 6.45) is 3.34. The van der Waals surface area contributed by atoms with Crippen molar-refractivity contribution in [1.29, 1.82) is 0 Å². The number of fused-ring (bicyclic) bond motifs is 1. The summed E-state index contributed by atoms with van der Waals surface area (Å²) in [6, 6.07) is 7.90. The molecule has 2 N–H and O–H groups in total. The standard InChI is InChI=1S/C14H13ClN4/c1-19-13-6-9(7-16)2-3-12(13)18-14(19)10-4-5-17-8-11(10)15/h2-6,8H,7,16H2,1H3. The number of aromatic nitrogens is 3. The van der Waals surface area contributed by atoms with E-state index >= 15 is 0 Å². The van der Waals surface area contributed by atoms with Gasteiger partial charge in [-0.15, -0.1) is 0 Å². The molecule has 1 aromatic carbocycles. The lowest BCUT2D eigenvalue weighted by Crippen LogP contribution is -1.97. The molecular weight excluding hydrogens is 260 g/mol. The van der Waals surface area contributed by atoms with Crippen LogP contribution in [0.5, 0.6) is 0 Å². The van der Waals surface area contributed by atoms with Crippen molar-refractivity contribution >= 4 is 22.6 Å². The Balaban J connectivity index is 2.26. The molecule has 0 spiro atoms. The van der Waals surface area contributed by atoms with Crippen molar-refractivity contribution < 1.29 is 0 Å². The zero-order valence-corrected chi connectivity index (χ0v) is 11.2. The van der Waals surface area contributed by atoms with E-state index in [0.717, 1.165) is 28.0 Å². The highest BCUT2D eigenvalue weighted by atomic mass is 35.5. The Labute approximate surface area is 115 Å². The molecule has 0 aliphatic carbocycles. The second-order valence-electron chi connectivity index (χ2n) is 4.38. The molecule has 96 valence electrons. The number of pyridine rings is 1. The van der Waals surface area contributed by atoms with Crippen molar-refractivity contribution in [2.24, 2.45) is 12.8 Å². The molecule has 3 aromatic rings. The van der Waals surface area contributed by atoms with Crippen LogP contribution >= 0.6 is 11.6 Å². The van der Waals surface area contributed by atoms with Gasteiger partial charge in [0.2, 0.25) is 0 Å². The summed E-state index contributed by atoms with van der Waals surface area (Å²) in [5, 5.41) is 0.597. The summed E-state index contributed by atoms with van der Waals surface area (Å²) < 4.78 is 2.02. The van der Waals surface area contributed by atoms with E-state index in [2.05, 4.69) is 16.0 Å². The Morgan fingerprint density at radius 2 is 2.16 bits per heavy atom. The average Bonchev–Trinajstić information content (AvgIpc) is 2.76. The molecule has 2 heterocycles. The monoisotopic (exact) mass is 272 g/mol. The first kappa shape index (κ1) is 12.1. The van der Waals surface area contributed by atoms with Gasteiger partial charge in [-0.3, -0.25) is 4.98 Å². The average molecular weight is 273 g/mol. The van der Waals surface area contributed by atoms with Crippen molar-refractivity contribution in [3.8, 4) is 11.4 Å². The van der Waals surface area contributed by atoms with Crippen LogP contribution in [0, 0.1) is 0 Å². The highest BCUT2D eigenvalue weighted by molar-refractivity contribution is 6.33. The summed E-state index contributed by atoms with van der Waals surface area (Å²) in [7, 11) is 1.97. The van der Waals surface area contributed by atoms with Crippen molar-refractivity contribution in [1.82, 2.24) is 14.5 Å². The zero-order valence-electron chi connectivity index (χ0n) is 10.5. The fraction of sp³-hybridized carbons (Fsp3) is 0.143. The summed E-state index contributed by atoms with van der Waals surface area (Å²) in [5.41, 5.74) is 9.62. The molecule has 0 bridgehead atoms. The number of nitrogens with zero attached hydrogens (tertiary/aromatic N) is 3. The normalized spacial score (nSPS) is 11.1. The first-order valence-electron chi connectivity index (χ1n) is 5.96. The van der Waals surface area contributed by atoms with Gasteiger partial charge in [-0.2, -0.15) is 0 Å². The van der Waals surface area contributed by atoms with E-state index in [1.165, 1.54) is 0 Å². The maximum Gasteiger partial charge on any atom is 0.142 e. The zero-order chi connectivity index (χ0) is 13.4. The van der Waals surface area contributed by atoms with E-state index in [1.54, 1.807) is 12.4 Å². The number of halogens is 1. The van der Waals surface area contributed by atoms with Crippen molar-refractivity contribution in [2.45, 2.75) is 6.54 Å². The molecule has 0 aliphatic rings. The lowest BCUT2D eigenvalue weighted by atomic mass is 10.2. The highest BCUT2D eigenvalue weighted by Crippen LogP contribution is 2.28. The van der Waals surface area contributed by atoms with Gasteiger partial charge in [0.25, 0.3) is 0 Å². The second kappa shape index (κ2) is 4.64. The molecule has 0 saturated heterocycles. The van der Waals surface area contributed by atoms with Gasteiger partial charge < -0.3 is 10.3 Å². The molecule has 0 amide bonds. The van der Waals surface area contributed by atoms with Gasteiger partial charge in [0.15, 0.2) is 0 Å². The van der Waals surface area contributed by atoms with Crippen molar-refractivity contribution in [3.05, 3.63) is 47.2 Å². The number of hydrogen-bond acceptors (Lipinski definition) is 3. The molecule has 2 aromatic heterocycles. The third kappa shape index (κ3) is 1.99. The lowest BCUT2D eigenvalue weighted by molar-refractivity contribution is 0.955. The van der Waals surface area contributed by atoms with E-state index < -0.39 is 0 Å². The molecule has 0 radical (unpaired) electrons. The van der Waals surface area contributed by atoms with Crippen LogP contribution in [0.2, 0.25) is 5.02 Å². The van der Waals surface area contributed by atoms with E-state index in [4.69, 9.17) is 17.3 Å². The van der Waals surface area contributed by atoms with Crippen LogP contribution in [-0.2, 0) is 13.6 Å². The second-order valence-corrected chi connectivity index (χ2v) is 4.78. The molecule has 5 heteroatoms. The molecule has 0 unspecified atom stereocenters. The molecule has 4 nitrogen and oxygen atoms in total. The third-order valence-corrected chi connectivity index (χ3v) is 3.50. The number of rotatable bonds is 2. The van der Waals surface area contributed by atoms with Crippen LogP contribution in [0.25, 0.3) is 22.4 Å². The minimum atomic E-state index is 0.520. The minimum Gasteiger partial charge on any atom is -0.327 e. The minimum absolute atomic E-state index is 0.520. The Kier molecular flexibility index (Phi) is 2.97. The van der Waals surface area contributed by atoms with Crippen LogP contribution in [0.3, 0.4) is 0 Å². The predicted molar refractivity (Wildman–Crippen MR) is 76.8 cm³/mol. The van der Waals surface area contributed by atoms with Gasteiger partial charge in [-0.05, 0) is 23.8 Å². The maximum absolute atomic E-state index is 6.18. The Bertz CT molecular complexity index is 748. The molecule has 19 heavy (non-hydrogen) atoms. The van der Waals surface area contributed by atoms with Crippen LogP contribution < -0.4 is 5.73 Å². The first-order valence-corrected chi connectivity index (χ1v) is 6.34. The summed E-state index contributed by atoms with van der Waals surface area (Å²) in [5.74, 6) is 0.830. The summed E-state index contributed by atoms with van der Waals surface area (Å²) >= 11 is 6.18. The Hall–Kier alpha value is -1.91. The van der Waals surface area contributed by atoms with Gasteiger partial charge in [0.1, 0.15) is 5.82 Å². The van der Waals surface area contributed by atoms with Crippen molar-refractivity contribution in [2.75, 3.05) is 0 Å². The smallest absolute Gasteiger partial charge is 0.142 e. The van der Waals surface area contributed by atoms with E-state index in [0.29, 0.717) is 11.6 Å². The van der Waals surface area contributed by atoms with E-state index in [9.17, 15) is 0 Å². The fourth-order valence-corrected chi connectivity index (χ4v) is 2.36. The topological polar surface area (TPSA) is 56.7 Å². The van der Waals surface area contributed by atoms with Crippen LogP contribution in [0.4, 0.5) is 0 Å². The molecule has 0 aliphatic heterocycles. The van der Waals surface area contributed by atoms with Gasteiger partial charge in [-0.1, -0.05) is 17.7 Å². The predicted octanol–water partition coefficient (Wildman–Crippen LogP) is 2.75. The van der Waals surface area contributed by atoms with Crippen LogP contribution in [-0.4, -0.2) is 14.5 Å². The van der Waals surface area contributed by atoms with Gasteiger partial charge in [0.05, 0.1) is 16.1 Å². The van der Waals surface area contributed by atoms with E-state index in [-0.39, 0.29) is 0 Å². The molecule has 0 atom stereocenters. The third-order valence-electron chi connectivity index (χ3n) is 3.19. The van der Waals surface area contributed by atoms with Gasteiger partial charge in [-0.25, -0.2) is 4.98 Å². The SMILES string of the molecule is Cn1c(-c2ccncc2Cl)nc2ccc(CN)cc21. The molecule has 0 saturated carbocycles. The van der Waals surface area contributed by atoms with Crippen LogP contribution in [0.1, 0.15) is 5.56 Å². The van der Waals surface area contributed by atoms with Crippen molar-refractivity contribution in [3.63, 3.8) is 0 Å². The Morgan fingerprint density at radius 1 is 1.32 bits per heavy atom. The number of imidazole rings is 1. The lowest BCUT2D eigenvalue weighted by Gasteiger charge is -2.04. The molecule has 3 rings (SSSR count). The Morgan fingerprint density at radius 3 is 2.89 bits per heavy atom. The molecule has 0 fully saturated rings. The number of aryl methyl sites for hydroxylation is 1. The number of benzene rings is 1. The quantitative estimate of drug-likeness (QED) is 0.780.